The van der Waals surface area contributed by atoms with Gasteiger partial charge in [-0.3, -0.25) is 14.0 Å². The molecule has 13 heteroatoms. The highest BCUT2D eigenvalue weighted by atomic mass is 32.1. The van der Waals surface area contributed by atoms with Crippen molar-refractivity contribution in [1.82, 2.24) is 29.2 Å². The minimum absolute atomic E-state index is 0.145. The van der Waals surface area contributed by atoms with Gasteiger partial charge in [-0.2, -0.15) is 10.2 Å². The highest BCUT2D eigenvalue weighted by molar-refractivity contribution is 7.16. The first-order chi connectivity index (χ1) is 22.2. The number of aromatic nitrogens is 5. The van der Waals surface area contributed by atoms with E-state index >= 15 is 0 Å². The van der Waals surface area contributed by atoms with E-state index in [0.29, 0.717) is 45.8 Å². The molecule has 1 spiro atoms. The molecule has 0 radical (unpaired) electrons. The minimum Gasteiger partial charge on any atom is -0.471 e. The van der Waals surface area contributed by atoms with Crippen LogP contribution in [0.5, 0.6) is 5.88 Å². The fourth-order valence-corrected chi connectivity index (χ4v) is 10.5. The van der Waals surface area contributed by atoms with E-state index in [9.17, 15) is 10.1 Å². The van der Waals surface area contributed by atoms with E-state index < -0.39 is 11.0 Å². The average Bonchev–Trinajstić information content (AvgIpc) is 3.86. The molecule has 6 aliphatic rings. The second kappa shape index (κ2) is 9.89. The van der Waals surface area contributed by atoms with Crippen LogP contribution in [0.15, 0.2) is 9.32 Å². The highest BCUT2D eigenvalue weighted by Crippen LogP contribution is 2.55. The van der Waals surface area contributed by atoms with Crippen LogP contribution in [0.1, 0.15) is 85.6 Å². The molecule has 3 aliphatic heterocycles. The summed E-state index contributed by atoms with van der Waals surface area (Å²) in [6.45, 7) is 3.59. The van der Waals surface area contributed by atoms with E-state index in [2.05, 4.69) is 24.9 Å². The number of nitrogen functional groups attached to an aromatic ring is 1. The predicted octanol–water partition coefficient (Wildman–Crippen LogP) is 4.01. The van der Waals surface area contributed by atoms with Crippen molar-refractivity contribution in [3.05, 3.63) is 37.7 Å². The summed E-state index contributed by atoms with van der Waals surface area (Å²) < 4.78 is 22.3. The number of aryl methyl sites for hydroxylation is 2. The van der Waals surface area contributed by atoms with E-state index in [-0.39, 0.29) is 23.9 Å². The molecule has 2 bridgehead atoms. The predicted molar refractivity (Wildman–Crippen MR) is 171 cm³/mol. The summed E-state index contributed by atoms with van der Waals surface area (Å²) in [4.78, 5) is 27.6. The average molecular weight is 643 g/mol. The molecule has 4 aromatic rings. The number of nitriles is 1. The third-order valence-corrected chi connectivity index (χ3v) is 12.7. The van der Waals surface area contributed by atoms with Gasteiger partial charge >= 0.3 is 5.69 Å². The van der Waals surface area contributed by atoms with E-state index in [4.69, 9.17) is 34.9 Å². The molecule has 0 aromatic carbocycles. The molecule has 10 rings (SSSR count). The molecule has 7 heterocycles. The first-order valence-electron chi connectivity index (χ1n) is 16.5. The van der Waals surface area contributed by atoms with Crippen LogP contribution < -0.4 is 16.2 Å². The van der Waals surface area contributed by atoms with Crippen molar-refractivity contribution in [3.8, 4) is 23.5 Å². The third-order valence-electron chi connectivity index (χ3n) is 11.6. The van der Waals surface area contributed by atoms with Crippen molar-refractivity contribution < 1.29 is 14.0 Å². The molecule has 3 atom stereocenters. The Kier molecular flexibility index (Phi) is 6.12. The molecular weight excluding hydrogens is 604 g/mol. The molecular formula is C33H38N8O4S. The Morgan fingerprint density at radius 3 is 2.70 bits per heavy atom. The van der Waals surface area contributed by atoms with Crippen LogP contribution in [0.25, 0.3) is 22.7 Å². The van der Waals surface area contributed by atoms with Crippen molar-refractivity contribution in [3.63, 3.8) is 0 Å². The molecule has 3 saturated heterocycles. The number of hydrogen-bond donors (Lipinski definition) is 1. The Morgan fingerprint density at radius 2 is 1.98 bits per heavy atom. The number of hydrogen-bond acceptors (Lipinski definition) is 11. The molecule has 4 fully saturated rings. The molecule has 4 aromatic heterocycles. The summed E-state index contributed by atoms with van der Waals surface area (Å²) in [5.74, 6) is 1.26. The van der Waals surface area contributed by atoms with Crippen LogP contribution in [-0.4, -0.2) is 67.6 Å². The minimum atomic E-state index is -0.428. The smallest absolute Gasteiger partial charge is 0.330 e. The van der Waals surface area contributed by atoms with Crippen LogP contribution in [0, 0.1) is 11.3 Å². The summed E-state index contributed by atoms with van der Waals surface area (Å²) in [6.07, 6.45) is 9.11. The van der Waals surface area contributed by atoms with E-state index in [1.165, 1.54) is 16.2 Å². The number of likely N-dealkylation sites (N-methyl/N-ethyl adjacent to an activating group) is 1. The maximum atomic E-state index is 13.9. The van der Waals surface area contributed by atoms with Crippen molar-refractivity contribution in [2.75, 3.05) is 25.9 Å². The molecule has 3 aliphatic carbocycles. The number of fused-ring (bicyclic) bond motifs is 6. The lowest BCUT2D eigenvalue weighted by Gasteiger charge is -2.39. The van der Waals surface area contributed by atoms with Crippen LogP contribution in [-0.2, 0) is 35.6 Å². The number of imidazole rings is 1. The normalized spacial score (nSPS) is 29.1. The van der Waals surface area contributed by atoms with Crippen molar-refractivity contribution in [2.24, 2.45) is 7.05 Å². The molecule has 2 N–H and O–H groups in total. The van der Waals surface area contributed by atoms with Crippen LogP contribution in [0.2, 0.25) is 0 Å². The summed E-state index contributed by atoms with van der Waals surface area (Å²) in [5.41, 5.74) is 9.96. The maximum Gasteiger partial charge on any atom is 0.330 e. The first kappa shape index (κ1) is 28.5. The zero-order valence-electron chi connectivity index (χ0n) is 26.5. The number of anilines is 1. The molecule has 46 heavy (non-hydrogen) atoms. The van der Waals surface area contributed by atoms with Crippen molar-refractivity contribution in [1.29, 1.82) is 5.26 Å². The van der Waals surface area contributed by atoms with Crippen molar-refractivity contribution in [2.45, 2.75) is 100 Å². The first-order valence-corrected chi connectivity index (χ1v) is 17.4. The topological polar surface area (TPSA) is 150 Å². The molecule has 0 unspecified atom stereocenters. The largest absolute Gasteiger partial charge is 0.471 e. The molecule has 0 amide bonds. The van der Waals surface area contributed by atoms with Gasteiger partial charge < -0.3 is 19.7 Å². The van der Waals surface area contributed by atoms with Gasteiger partial charge in [0.1, 0.15) is 17.2 Å². The van der Waals surface area contributed by atoms with E-state index in [0.717, 1.165) is 87.6 Å². The zero-order chi connectivity index (χ0) is 31.5. The number of rotatable bonds is 5. The summed E-state index contributed by atoms with van der Waals surface area (Å²) in [5, 5.41) is 15.4. The Labute approximate surface area is 270 Å². The van der Waals surface area contributed by atoms with Gasteiger partial charge in [-0.25, -0.2) is 9.78 Å². The lowest BCUT2D eigenvalue weighted by molar-refractivity contribution is 0.113. The van der Waals surface area contributed by atoms with Gasteiger partial charge in [0.25, 0.3) is 0 Å². The van der Waals surface area contributed by atoms with Crippen LogP contribution >= 0.6 is 11.3 Å². The standard InChI is InChI=1S/C33H38N8O4S/c1-17(21-8-6-12-39(21)2)44-30-24-29(41(31(42)40(24)3)32-13-18(14-32)43-16-32)36-28(37-30)25-19-7-4-10-33(26(19)38-45-25)11-5-9-22-23(33)20(15-34)27(35)46-22/h17-18,21H,4-14,16,35H2,1-3H3/t17-,18?,21-,32?,33-/m0/s1. The quantitative estimate of drug-likeness (QED) is 0.338. The molecule has 240 valence electrons. The number of nitrogens with zero attached hydrogens (tertiary/aromatic N) is 7. The third kappa shape index (κ3) is 3.72. The number of nitrogens with two attached hydrogens (primary N) is 1. The Hall–Kier alpha value is -3.73. The number of likely N-dealkylation sites (tertiary alicyclic amines) is 1. The lowest BCUT2D eigenvalue weighted by atomic mass is 9.62. The number of ether oxygens (including phenoxy) is 2. The van der Waals surface area contributed by atoms with Gasteiger partial charge in [-0.05, 0) is 90.3 Å². The Morgan fingerprint density at radius 1 is 1.17 bits per heavy atom. The summed E-state index contributed by atoms with van der Waals surface area (Å²) in [6, 6.07) is 2.64. The Balaban J connectivity index is 1.23. The van der Waals surface area contributed by atoms with Gasteiger partial charge in [0, 0.05) is 28.9 Å². The summed E-state index contributed by atoms with van der Waals surface area (Å²) in [7, 11) is 3.90. The number of thiophene rings is 1. The fraction of sp³-hybridized carbons (Fsp3) is 0.606. The maximum absolute atomic E-state index is 13.9. The van der Waals surface area contributed by atoms with Gasteiger partial charge in [0.2, 0.25) is 17.5 Å². The lowest BCUT2D eigenvalue weighted by Crippen LogP contribution is -2.48. The monoisotopic (exact) mass is 642 g/mol. The van der Waals surface area contributed by atoms with Gasteiger partial charge in [0.15, 0.2) is 11.2 Å². The van der Waals surface area contributed by atoms with Crippen LogP contribution in [0.3, 0.4) is 0 Å². The van der Waals surface area contributed by atoms with E-state index in [1.807, 2.05) is 4.57 Å². The van der Waals surface area contributed by atoms with Gasteiger partial charge in [0.05, 0.1) is 29.5 Å². The molecule has 12 nitrogen and oxygen atoms in total. The van der Waals surface area contributed by atoms with Crippen molar-refractivity contribution >= 4 is 27.5 Å². The summed E-state index contributed by atoms with van der Waals surface area (Å²) >= 11 is 1.53. The zero-order valence-corrected chi connectivity index (χ0v) is 27.3. The SMILES string of the molecule is C[C@H](Oc1nc(-c2onc3c2CCC[C@@]32CCCc3sc(N)c(C#N)c32)nc2c1n(C)c(=O)n2C12COC(C1)C2)[C@@H]1CCCN1C. The Bertz CT molecular complexity index is 2000. The fourth-order valence-electron chi connectivity index (χ4n) is 9.38. The van der Waals surface area contributed by atoms with E-state index in [1.54, 1.807) is 11.6 Å². The molecule has 1 saturated carbocycles. The second-order valence-electron chi connectivity index (χ2n) is 14.2. The second-order valence-corrected chi connectivity index (χ2v) is 15.3. The van der Waals surface area contributed by atoms with Crippen LogP contribution in [0.4, 0.5) is 5.00 Å². The highest BCUT2D eigenvalue weighted by Gasteiger charge is 2.55. The van der Waals surface area contributed by atoms with Gasteiger partial charge in [-0.1, -0.05) is 5.16 Å². The van der Waals surface area contributed by atoms with Gasteiger partial charge in [-0.15, -0.1) is 11.3 Å².